The lowest BCUT2D eigenvalue weighted by Gasteiger charge is -2.17. The van der Waals surface area contributed by atoms with Crippen molar-refractivity contribution in [2.24, 2.45) is 0 Å². The highest BCUT2D eigenvalue weighted by Gasteiger charge is 2.12. The molecule has 0 heterocycles. The highest BCUT2D eigenvalue weighted by atomic mass is 79.9. The Morgan fingerprint density at radius 1 is 0.929 bits per heavy atom. The molecule has 0 bridgehead atoms. The van der Waals surface area contributed by atoms with E-state index in [-0.39, 0.29) is 6.04 Å². The third-order valence-electron chi connectivity index (χ3n) is 4.88. The predicted octanol–water partition coefficient (Wildman–Crippen LogP) is 6.20. The number of methoxy groups -OCH3 is 1. The van der Waals surface area contributed by atoms with Crippen LogP contribution in [-0.2, 0) is 13.2 Å². The smallest absolute Gasteiger partial charge is 0.162 e. The van der Waals surface area contributed by atoms with Gasteiger partial charge < -0.3 is 14.8 Å². The van der Waals surface area contributed by atoms with Crippen LogP contribution in [0.1, 0.15) is 35.2 Å². The second kappa shape index (κ2) is 9.76. The Morgan fingerprint density at radius 2 is 1.64 bits per heavy atom. The van der Waals surface area contributed by atoms with Gasteiger partial charge in [-0.2, -0.15) is 0 Å². The number of ether oxygens (including phenoxy) is 2. The molecule has 1 atom stereocenters. The van der Waals surface area contributed by atoms with E-state index in [1.54, 1.807) is 7.11 Å². The zero-order valence-corrected chi connectivity index (χ0v) is 18.1. The number of aryl methyl sites for hydroxylation is 1. The Bertz CT molecular complexity index is 912. The van der Waals surface area contributed by atoms with E-state index in [4.69, 9.17) is 9.47 Å². The molecule has 146 valence electrons. The van der Waals surface area contributed by atoms with Gasteiger partial charge in [0.25, 0.3) is 0 Å². The Balaban J connectivity index is 1.69. The molecule has 3 aromatic rings. The van der Waals surface area contributed by atoms with Crippen LogP contribution in [0.3, 0.4) is 0 Å². The number of nitrogens with one attached hydrogen (secondary N) is 1. The van der Waals surface area contributed by atoms with E-state index in [1.165, 1.54) is 16.7 Å². The van der Waals surface area contributed by atoms with Gasteiger partial charge in [0, 0.05) is 17.1 Å². The van der Waals surface area contributed by atoms with Gasteiger partial charge in [0.2, 0.25) is 0 Å². The van der Waals surface area contributed by atoms with Gasteiger partial charge >= 0.3 is 0 Å². The molecule has 1 N–H and O–H groups in total. The van der Waals surface area contributed by atoms with Crippen molar-refractivity contribution in [2.45, 2.75) is 33.0 Å². The number of rotatable bonds is 8. The Labute approximate surface area is 175 Å². The minimum Gasteiger partial charge on any atom is -0.493 e. The highest BCUT2D eigenvalue weighted by molar-refractivity contribution is 9.10. The lowest BCUT2D eigenvalue weighted by molar-refractivity contribution is 0.283. The molecule has 0 aliphatic heterocycles. The molecule has 0 fully saturated rings. The van der Waals surface area contributed by atoms with E-state index in [2.05, 4.69) is 71.5 Å². The highest BCUT2D eigenvalue weighted by Crippen LogP contribution is 2.34. The topological polar surface area (TPSA) is 30.5 Å². The summed E-state index contributed by atoms with van der Waals surface area (Å²) in [6.07, 6.45) is 0. The van der Waals surface area contributed by atoms with Crippen molar-refractivity contribution in [3.05, 3.63) is 93.5 Å². The molecule has 3 rings (SSSR count). The average Bonchev–Trinajstić information content (AvgIpc) is 2.72. The number of halogens is 1. The van der Waals surface area contributed by atoms with Gasteiger partial charge in [0.1, 0.15) is 6.61 Å². The molecule has 0 radical (unpaired) electrons. The van der Waals surface area contributed by atoms with E-state index in [0.717, 1.165) is 28.1 Å². The summed E-state index contributed by atoms with van der Waals surface area (Å²) in [4.78, 5) is 0. The normalized spacial score (nSPS) is 11.9. The van der Waals surface area contributed by atoms with Crippen molar-refractivity contribution < 1.29 is 9.47 Å². The minimum atomic E-state index is 0.260. The first-order valence-corrected chi connectivity index (χ1v) is 10.2. The van der Waals surface area contributed by atoms with Crippen molar-refractivity contribution in [1.29, 1.82) is 0 Å². The van der Waals surface area contributed by atoms with E-state index in [9.17, 15) is 0 Å². The quantitative estimate of drug-likeness (QED) is 0.453. The maximum Gasteiger partial charge on any atom is 0.162 e. The van der Waals surface area contributed by atoms with Crippen LogP contribution >= 0.6 is 15.9 Å². The molecular weight excluding hydrogens is 414 g/mol. The van der Waals surface area contributed by atoms with Crippen LogP contribution < -0.4 is 14.8 Å². The molecule has 3 aromatic carbocycles. The summed E-state index contributed by atoms with van der Waals surface area (Å²) in [5.41, 5.74) is 4.78. The summed E-state index contributed by atoms with van der Waals surface area (Å²) in [5, 5.41) is 3.57. The Kier molecular flexibility index (Phi) is 7.12. The van der Waals surface area contributed by atoms with Gasteiger partial charge in [0.15, 0.2) is 11.5 Å². The van der Waals surface area contributed by atoms with Crippen molar-refractivity contribution in [1.82, 2.24) is 5.32 Å². The monoisotopic (exact) mass is 439 g/mol. The van der Waals surface area contributed by atoms with Gasteiger partial charge in [-0.1, -0.05) is 70.5 Å². The van der Waals surface area contributed by atoms with Gasteiger partial charge in [-0.05, 0) is 48.2 Å². The van der Waals surface area contributed by atoms with E-state index < -0.39 is 0 Å². The van der Waals surface area contributed by atoms with Crippen LogP contribution in [0.4, 0.5) is 0 Å². The Morgan fingerprint density at radius 3 is 2.36 bits per heavy atom. The zero-order valence-electron chi connectivity index (χ0n) is 16.5. The fourth-order valence-corrected chi connectivity index (χ4v) is 3.50. The van der Waals surface area contributed by atoms with Crippen LogP contribution in [0.5, 0.6) is 11.5 Å². The second-order valence-electron chi connectivity index (χ2n) is 6.82. The van der Waals surface area contributed by atoms with Crippen molar-refractivity contribution in [3.63, 3.8) is 0 Å². The zero-order chi connectivity index (χ0) is 19.9. The van der Waals surface area contributed by atoms with Crippen LogP contribution in [-0.4, -0.2) is 7.11 Å². The standard InChI is InChI=1S/C24H26BrNO2/c1-17-9-7-8-12-20(17)16-28-24-14-22(25)21(13-23(24)27-3)15-26-18(2)19-10-5-4-6-11-19/h4-14,18,26H,15-16H2,1-3H3. The molecule has 28 heavy (non-hydrogen) atoms. The molecule has 3 nitrogen and oxygen atoms in total. The largest absolute Gasteiger partial charge is 0.493 e. The van der Waals surface area contributed by atoms with E-state index in [0.29, 0.717) is 6.61 Å². The summed E-state index contributed by atoms with van der Waals surface area (Å²) in [6.45, 7) is 5.50. The van der Waals surface area contributed by atoms with E-state index >= 15 is 0 Å². The fourth-order valence-electron chi connectivity index (χ4n) is 3.04. The van der Waals surface area contributed by atoms with Crippen molar-refractivity contribution in [3.8, 4) is 11.5 Å². The SMILES string of the molecule is COc1cc(CNC(C)c2ccccc2)c(Br)cc1OCc1ccccc1C. The summed E-state index contributed by atoms with van der Waals surface area (Å²) in [5.74, 6) is 1.47. The van der Waals surface area contributed by atoms with Gasteiger partial charge in [-0.3, -0.25) is 0 Å². The number of hydrogen-bond acceptors (Lipinski definition) is 3. The first-order chi connectivity index (χ1) is 13.6. The van der Waals surface area contributed by atoms with Gasteiger partial charge in [0.05, 0.1) is 7.11 Å². The summed E-state index contributed by atoms with van der Waals surface area (Å²) >= 11 is 3.68. The maximum atomic E-state index is 6.05. The Hall–Kier alpha value is -2.30. The van der Waals surface area contributed by atoms with E-state index in [1.807, 2.05) is 30.3 Å². The number of hydrogen-bond donors (Lipinski definition) is 1. The molecule has 0 aliphatic carbocycles. The van der Waals surface area contributed by atoms with Gasteiger partial charge in [-0.15, -0.1) is 0 Å². The third-order valence-corrected chi connectivity index (χ3v) is 5.61. The van der Waals surface area contributed by atoms with Crippen LogP contribution in [0.15, 0.2) is 71.2 Å². The molecule has 0 aliphatic rings. The molecule has 0 saturated carbocycles. The average molecular weight is 440 g/mol. The van der Waals surface area contributed by atoms with Crippen LogP contribution in [0.2, 0.25) is 0 Å². The molecule has 0 saturated heterocycles. The lowest BCUT2D eigenvalue weighted by atomic mass is 10.1. The van der Waals surface area contributed by atoms with Crippen molar-refractivity contribution >= 4 is 15.9 Å². The molecule has 0 aromatic heterocycles. The first kappa shape index (κ1) is 20.4. The predicted molar refractivity (Wildman–Crippen MR) is 118 cm³/mol. The first-order valence-electron chi connectivity index (χ1n) is 9.40. The number of benzene rings is 3. The van der Waals surface area contributed by atoms with Crippen molar-refractivity contribution in [2.75, 3.05) is 7.11 Å². The molecule has 0 amide bonds. The van der Waals surface area contributed by atoms with Crippen LogP contribution in [0.25, 0.3) is 0 Å². The summed E-state index contributed by atoms with van der Waals surface area (Å²) in [6, 6.07) is 22.9. The molecular formula is C24H26BrNO2. The third kappa shape index (κ3) is 5.15. The second-order valence-corrected chi connectivity index (χ2v) is 7.68. The van der Waals surface area contributed by atoms with Gasteiger partial charge in [-0.25, -0.2) is 0 Å². The molecule has 0 spiro atoms. The summed E-state index contributed by atoms with van der Waals surface area (Å²) in [7, 11) is 1.67. The molecule has 4 heteroatoms. The summed E-state index contributed by atoms with van der Waals surface area (Å²) < 4.78 is 12.6. The van der Waals surface area contributed by atoms with Crippen LogP contribution in [0, 0.1) is 6.92 Å². The maximum absolute atomic E-state index is 6.05. The molecule has 1 unspecified atom stereocenters. The lowest BCUT2D eigenvalue weighted by Crippen LogP contribution is -2.18. The fraction of sp³-hybridized carbons (Fsp3) is 0.250. The minimum absolute atomic E-state index is 0.260.